The van der Waals surface area contributed by atoms with Crippen LogP contribution in [0.2, 0.25) is 0 Å². The molecule has 1 aromatic heterocycles. The van der Waals surface area contributed by atoms with Gasteiger partial charge < -0.3 is 63.9 Å². The largest absolute Gasteiger partial charge is 0.508 e. The SMILES string of the molecule is CNC(=O)[C@@H]1CSSC[C@H](NC(=O)[C@H](N)Cc2ccccc2)C(=O)N[C@@H](Cc2ccc(O)cc2)C(=O)N[C@H](Cc2c[nH]c3ccccc23)C(=O)N[C@@H](CCCCN)C(=O)N[C@@H]([C@@H](C)O)C(=O)N1. The van der Waals surface area contributed by atoms with E-state index in [1.165, 1.54) is 26.1 Å². The van der Waals surface area contributed by atoms with E-state index in [0.29, 0.717) is 24.0 Å². The Morgan fingerprint density at radius 3 is 2.06 bits per heavy atom. The highest BCUT2D eigenvalue weighted by molar-refractivity contribution is 8.76. The minimum atomic E-state index is -1.57. The Morgan fingerprint density at radius 2 is 1.37 bits per heavy atom. The van der Waals surface area contributed by atoms with Gasteiger partial charge in [-0.1, -0.05) is 82.3 Å². The normalized spacial score (nSPS) is 22.5. The molecular weight excluding hydrogens is 901 g/mol. The van der Waals surface area contributed by atoms with Gasteiger partial charge in [0.2, 0.25) is 41.4 Å². The quantitative estimate of drug-likeness (QED) is 0.0576. The summed E-state index contributed by atoms with van der Waals surface area (Å²) in [5, 5.41) is 40.3. The second kappa shape index (κ2) is 25.7. The van der Waals surface area contributed by atoms with Crippen molar-refractivity contribution in [2.45, 2.75) is 93.8 Å². The summed E-state index contributed by atoms with van der Waals surface area (Å²) in [5.41, 5.74) is 14.8. The number of H-pyrrole nitrogens is 1. The summed E-state index contributed by atoms with van der Waals surface area (Å²) in [5.74, 6) is -5.47. The average molecular weight is 961 g/mol. The van der Waals surface area contributed by atoms with Gasteiger partial charge >= 0.3 is 0 Å². The van der Waals surface area contributed by atoms with E-state index in [9.17, 15) is 43.8 Å². The molecule has 1 aliphatic rings. The predicted octanol–water partition coefficient (Wildman–Crippen LogP) is -0.212. The number of fused-ring (bicyclic) bond motifs is 1. The van der Waals surface area contributed by atoms with Crippen molar-refractivity contribution >= 4 is 73.8 Å². The minimum absolute atomic E-state index is 0.0314. The second-order valence-corrected chi connectivity index (χ2v) is 18.8. The number of unbranched alkanes of at least 4 members (excludes halogenated alkanes) is 1. The highest BCUT2D eigenvalue weighted by Crippen LogP contribution is 2.24. The van der Waals surface area contributed by atoms with Gasteiger partial charge in [-0.3, -0.25) is 33.6 Å². The number of aliphatic hydroxyl groups excluding tert-OH is 1. The summed E-state index contributed by atoms with van der Waals surface area (Å²) in [6.45, 7) is 1.58. The third kappa shape index (κ3) is 15.5. The molecule has 1 fully saturated rings. The molecule has 67 heavy (non-hydrogen) atoms. The fourth-order valence-electron chi connectivity index (χ4n) is 7.32. The molecular formula is C46H60N10O9S2. The Morgan fingerprint density at radius 1 is 0.746 bits per heavy atom. The van der Waals surface area contributed by atoms with E-state index in [4.69, 9.17) is 11.5 Å². The molecule has 1 aliphatic heterocycles. The fraction of sp³-hybridized carbons (Fsp3) is 0.413. The molecule has 2 heterocycles. The molecule has 0 saturated carbocycles. The number of rotatable bonds is 14. The van der Waals surface area contributed by atoms with E-state index in [1.54, 1.807) is 30.5 Å². The van der Waals surface area contributed by atoms with Gasteiger partial charge in [0, 0.05) is 48.5 Å². The Hall–Kier alpha value is -6.13. The van der Waals surface area contributed by atoms with Crippen molar-refractivity contribution in [2.24, 2.45) is 11.5 Å². The lowest BCUT2D eigenvalue weighted by molar-refractivity contribution is -0.136. The van der Waals surface area contributed by atoms with Gasteiger partial charge in [-0.05, 0) is 74.0 Å². The van der Waals surface area contributed by atoms with Crippen molar-refractivity contribution in [3.05, 3.63) is 102 Å². The number of hydrogen-bond donors (Lipinski definition) is 12. The number of nitrogens with two attached hydrogens (primary N) is 2. The standard InChI is InChI=1S/C46H60N10O9S2/c1-26(57)39-46(65)55-37(41(60)49-2)24-66-67-25-38(54-40(59)32(48)20-27-10-4-3-5-11-27)45(64)52-35(21-28-15-17-30(58)18-16-28)43(62)53-36(22-29-23-50-33-13-7-6-12-31(29)33)44(63)51-34(42(61)56-39)14-8-9-19-47/h3-7,10-13,15-18,23,26,32,34-39,50,57-58H,8-9,14,19-22,24-25,47-48H2,1-2H3,(H,49,60)(H,51,63)(H,52,64)(H,53,62)(H,54,59)(H,55,65)(H,56,61)/t26-,32-,34+,35+,36-,37+,38+,39+/m1/s1. The third-order valence-electron chi connectivity index (χ3n) is 11.1. The second-order valence-electron chi connectivity index (χ2n) is 16.2. The van der Waals surface area contributed by atoms with Gasteiger partial charge in [-0.25, -0.2) is 0 Å². The van der Waals surface area contributed by atoms with Crippen molar-refractivity contribution in [3.8, 4) is 5.75 Å². The zero-order valence-electron chi connectivity index (χ0n) is 37.3. The topological polar surface area (TPSA) is 312 Å². The van der Waals surface area contributed by atoms with E-state index in [0.717, 1.165) is 38.1 Å². The van der Waals surface area contributed by atoms with Gasteiger partial charge in [-0.2, -0.15) is 0 Å². The van der Waals surface area contributed by atoms with Crippen LogP contribution in [0.4, 0.5) is 0 Å². The first-order chi connectivity index (χ1) is 32.2. The number of aliphatic hydroxyl groups is 1. The monoisotopic (exact) mass is 960 g/mol. The lowest BCUT2D eigenvalue weighted by atomic mass is 10.0. The van der Waals surface area contributed by atoms with Crippen molar-refractivity contribution < 1.29 is 43.8 Å². The van der Waals surface area contributed by atoms with E-state index >= 15 is 0 Å². The van der Waals surface area contributed by atoms with Crippen LogP contribution >= 0.6 is 21.6 Å². The van der Waals surface area contributed by atoms with Crippen LogP contribution in [-0.4, -0.2) is 130 Å². The molecule has 0 spiro atoms. The van der Waals surface area contributed by atoms with Crippen LogP contribution < -0.4 is 48.7 Å². The van der Waals surface area contributed by atoms with Crippen LogP contribution in [0.3, 0.4) is 0 Å². The number of nitrogens with one attached hydrogen (secondary N) is 8. The number of hydrogen-bond acceptors (Lipinski definition) is 13. The Labute approximate surface area is 396 Å². The number of aromatic hydroxyl groups is 1. The number of phenols is 1. The zero-order valence-corrected chi connectivity index (χ0v) is 38.9. The van der Waals surface area contributed by atoms with Gasteiger partial charge in [0.05, 0.1) is 12.1 Å². The fourth-order valence-corrected chi connectivity index (χ4v) is 9.65. The van der Waals surface area contributed by atoms with Gasteiger partial charge in [0.1, 0.15) is 42.0 Å². The first-order valence-corrected chi connectivity index (χ1v) is 24.4. The number of aromatic nitrogens is 1. The number of aromatic amines is 1. The Kier molecular flexibility index (Phi) is 19.9. The summed E-state index contributed by atoms with van der Waals surface area (Å²) >= 11 is 0. The predicted molar refractivity (Wildman–Crippen MR) is 257 cm³/mol. The van der Waals surface area contributed by atoms with Crippen LogP contribution in [-0.2, 0) is 52.8 Å². The molecule has 1 saturated heterocycles. The van der Waals surface area contributed by atoms with Crippen LogP contribution in [0.25, 0.3) is 10.9 Å². The molecule has 0 bridgehead atoms. The number of likely N-dealkylation sites (N-methyl/N-ethyl adjacent to an activating group) is 1. The third-order valence-corrected chi connectivity index (χ3v) is 13.5. The van der Waals surface area contributed by atoms with E-state index in [2.05, 4.69) is 42.2 Å². The van der Waals surface area contributed by atoms with Gasteiger partial charge in [-0.15, -0.1) is 0 Å². The number of carbonyl (C=O) groups is 7. The molecule has 5 rings (SSSR count). The molecule has 360 valence electrons. The molecule has 14 N–H and O–H groups in total. The van der Waals surface area contributed by atoms with Crippen LogP contribution in [0.15, 0.2) is 85.1 Å². The lowest BCUT2D eigenvalue weighted by Gasteiger charge is -2.29. The van der Waals surface area contributed by atoms with Crippen molar-refractivity contribution in [1.82, 2.24) is 42.2 Å². The maximum Gasteiger partial charge on any atom is 0.245 e. The summed E-state index contributed by atoms with van der Waals surface area (Å²) in [6.07, 6.45) is 1.13. The van der Waals surface area contributed by atoms with Crippen molar-refractivity contribution in [3.63, 3.8) is 0 Å². The lowest BCUT2D eigenvalue weighted by Crippen LogP contribution is -2.62. The van der Waals surface area contributed by atoms with E-state index in [-0.39, 0.29) is 49.5 Å². The van der Waals surface area contributed by atoms with Crippen molar-refractivity contribution in [2.75, 3.05) is 25.1 Å². The molecule has 4 aromatic rings. The summed E-state index contributed by atoms with van der Waals surface area (Å²) in [4.78, 5) is 101. The van der Waals surface area contributed by atoms with Crippen LogP contribution in [0.1, 0.15) is 42.9 Å². The number of benzene rings is 3. The van der Waals surface area contributed by atoms with E-state index < -0.39 is 89.7 Å². The summed E-state index contributed by atoms with van der Waals surface area (Å²) in [6, 6.07) is 13.3. The summed E-state index contributed by atoms with van der Waals surface area (Å²) < 4.78 is 0. The molecule has 19 nitrogen and oxygen atoms in total. The molecule has 8 atom stereocenters. The summed E-state index contributed by atoms with van der Waals surface area (Å²) in [7, 11) is 3.56. The maximum atomic E-state index is 14.7. The van der Waals surface area contributed by atoms with Crippen molar-refractivity contribution in [1.29, 1.82) is 0 Å². The molecule has 0 aliphatic carbocycles. The molecule has 7 amide bonds. The zero-order chi connectivity index (χ0) is 48.5. The Bertz CT molecular complexity index is 2320. The number of phenolic OH excluding ortho intramolecular Hbond substituents is 1. The number of amides is 7. The average Bonchev–Trinajstić information content (AvgIpc) is 3.72. The van der Waals surface area contributed by atoms with Crippen LogP contribution in [0.5, 0.6) is 5.75 Å². The molecule has 0 radical (unpaired) electrons. The van der Waals surface area contributed by atoms with Gasteiger partial charge in [0.25, 0.3) is 0 Å². The van der Waals surface area contributed by atoms with Crippen LogP contribution in [0, 0.1) is 0 Å². The first kappa shape index (κ1) is 51.8. The minimum Gasteiger partial charge on any atom is -0.508 e. The number of para-hydroxylation sites is 1. The molecule has 21 heteroatoms. The highest BCUT2D eigenvalue weighted by atomic mass is 33.1. The van der Waals surface area contributed by atoms with E-state index in [1.807, 2.05) is 42.5 Å². The molecule has 0 unspecified atom stereocenters. The first-order valence-electron chi connectivity index (χ1n) is 22.0. The highest BCUT2D eigenvalue weighted by Gasteiger charge is 2.36. The smallest absolute Gasteiger partial charge is 0.245 e. The maximum absolute atomic E-state index is 14.7. The number of carbonyl (C=O) groups excluding carboxylic acids is 7. The Balaban J connectivity index is 1.55. The van der Waals surface area contributed by atoms with Gasteiger partial charge in [0.15, 0.2) is 0 Å². The molecule has 3 aromatic carbocycles.